The second-order valence-corrected chi connectivity index (χ2v) is 10.8. The number of nitrogens with zero attached hydrogens (tertiary/aromatic N) is 3. The molecule has 0 N–H and O–H groups in total. The second kappa shape index (κ2) is 8.41. The highest BCUT2D eigenvalue weighted by atomic mass is 79.9. The molecule has 1 atom stereocenters. The van der Waals surface area contributed by atoms with Crippen LogP contribution in [0.1, 0.15) is 34.3 Å². The van der Waals surface area contributed by atoms with E-state index in [0.29, 0.717) is 18.0 Å². The van der Waals surface area contributed by atoms with Gasteiger partial charge in [0.05, 0.1) is 4.90 Å². The van der Waals surface area contributed by atoms with Crippen LogP contribution in [-0.2, 0) is 16.4 Å². The molecule has 5 nitrogen and oxygen atoms in total. The third-order valence-corrected chi connectivity index (χ3v) is 8.36. The van der Waals surface area contributed by atoms with E-state index in [4.69, 9.17) is 0 Å². The number of aromatic nitrogens is 2. The van der Waals surface area contributed by atoms with E-state index in [9.17, 15) is 8.42 Å². The number of piperidine rings is 1. The fraction of sp³-hybridized carbons (Fsp3) is 0.300. The van der Waals surface area contributed by atoms with Gasteiger partial charge in [0.15, 0.2) is 0 Å². The van der Waals surface area contributed by atoms with Gasteiger partial charge < -0.3 is 0 Å². The summed E-state index contributed by atoms with van der Waals surface area (Å²) in [4.78, 5) is 0.332. The summed E-state index contributed by atoms with van der Waals surface area (Å²) in [5.74, 6) is 0.0981. The molecule has 0 amide bonds. The van der Waals surface area contributed by atoms with Gasteiger partial charge in [-0.25, -0.2) is 8.42 Å². The molecule has 2 aromatic carbocycles. The quantitative estimate of drug-likeness (QED) is 0.543. The molecule has 1 saturated heterocycles. The first-order chi connectivity index (χ1) is 13.5. The summed E-state index contributed by atoms with van der Waals surface area (Å²) in [5.41, 5.74) is 1.20. The van der Waals surface area contributed by atoms with Crippen molar-refractivity contribution in [1.29, 1.82) is 0 Å². The maximum atomic E-state index is 13.0. The fourth-order valence-corrected chi connectivity index (χ4v) is 6.18. The Morgan fingerprint density at radius 2 is 1.82 bits per heavy atom. The van der Waals surface area contributed by atoms with Crippen LogP contribution in [0.2, 0.25) is 0 Å². The maximum Gasteiger partial charge on any atom is 0.243 e. The van der Waals surface area contributed by atoms with Gasteiger partial charge in [-0.3, -0.25) is 0 Å². The average Bonchev–Trinajstić information content (AvgIpc) is 3.18. The van der Waals surface area contributed by atoms with Gasteiger partial charge in [-0.1, -0.05) is 46.3 Å². The molecule has 1 unspecified atom stereocenters. The smallest absolute Gasteiger partial charge is 0.207 e. The summed E-state index contributed by atoms with van der Waals surface area (Å²) in [5, 5.41) is 10.6. The highest BCUT2D eigenvalue weighted by molar-refractivity contribution is 9.10. The van der Waals surface area contributed by atoms with Crippen molar-refractivity contribution in [3.05, 3.63) is 74.6 Å². The number of hydrogen-bond donors (Lipinski definition) is 0. The first-order valence-electron chi connectivity index (χ1n) is 9.14. The molecular formula is C20H20BrN3O2S2. The molecule has 0 bridgehead atoms. The molecule has 8 heteroatoms. The summed E-state index contributed by atoms with van der Waals surface area (Å²) in [6.07, 6.45) is 2.52. The van der Waals surface area contributed by atoms with E-state index in [1.807, 2.05) is 18.2 Å². The molecule has 0 saturated carbocycles. The van der Waals surface area contributed by atoms with Crippen molar-refractivity contribution in [2.24, 2.45) is 0 Å². The summed E-state index contributed by atoms with van der Waals surface area (Å²) in [6.45, 7) is 1.00. The van der Waals surface area contributed by atoms with Gasteiger partial charge in [-0.15, -0.1) is 21.5 Å². The SMILES string of the molecule is O=S(=O)(c1ccc(Br)cc1)N1CCCC(c2nnc(Cc3ccccc3)s2)C1. The Kier molecular flexibility index (Phi) is 5.91. The lowest BCUT2D eigenvalue weighted by molar-refractivity contribution is 0.314. The van der Waals surface area contributed by atoms with E-state index >= 15 is 0 Å². The monoisotopic (exact) mass is 477 g/mol. The van der Waals surface area contributed by atoms with E-state index in [2.05, 4.69) is 38.3 Å². The second-order valence-electron chi connectivity index (χ2n) is 6.85. The Labute approximate surface area is 177 Å². The molecule has 1 aliphatic rings. The van der Waals surface area contributed by atoms with Crippen LogP contribution < -0.4 is 0 Å². The zero-order valence-electron chi connectivity index (χ0n) is 15.2. The highest BCUT2D eigenvalue weighted by Gasteiger charge is 2.32. The van der Waals surface area contributed by atoms with Crippen molar-refractivity contribution in [1.82, 2.24) is 14.5 Å². The number of benzene rings is 2. The minimum atomic E-state index is -3.49. The predicted molar refractivity (Wildman–Crippen MR) is 114 cm³/mol. The number of halogens is 1. The zero-order chi connectivity index (χ0) is 19.6. The molecule has 2 heterocycles. The molecule has 1 aliphatic heterocycles. The molecule has 0 aliphatic carbocycles. The Balaban J connectivity index is 1.49. The zero-order valence-corrected chi connectivity index (χ0v) is 18.4. The van der Waals surface area contributed by atoms with Crippen LogP contribution in [-0.4, -0.2) is 36.0 Å². The third kappa shape index (κ3) is 4.35. The van der Waals surface area contributed by atoms with E-state index < -0.39 is 10.0 Å². The van der Waals surface area contributed by atoms with Gasteiger partial charge in [0.1, 0.15) is 10.0 Å². The highest BCUT2D eigenvalue weighted by Crippen LogP contribution is 2.32. The summed E-state index contributed by atoms with van der Waals surface area (Å²) < 4.78 is 28.4. The Bertz CT molecular complexity index is 1040. The lowest BCUT2D eigenvalue weighted by Crippen LogP contribution is -2.39. The van der Waals surface area contributed by atoms with E-state index in [-0.39, 0.29) is 5.92 Å². The number of sulfonamides is 1. The van der Waals surface area contributed by atoms with Crippen LogP contribution in [0.5, 0.6) is 0 Å². The van der Waals surface area contributed by atoms with Gasteiger partial charge in [0.2, 0.25) is 10.0 Å². The van der Waals surface area contributed by atoms with Gasteiger partial charge >= 0.3 is 0 Å². The first kappa shape index (κ1) is 19.7. The topological polar surface area (TPSA) is 63.2 Å². The minimum absolute atomic E-state index is 0.0981. The van der Waals surface area contributed by atoms with Crippen LogP contribution >= 0.6 is 27.3 Å². The summed E-state index contributed by atoms with van der Waals surface area (Å²) in [7, 11) is -3.49. The molecular weight excluding hydrogens is 458 g/mol. The van der Waals surface area contributed by atoms with Gasteiger partial charge in [-0.2, -0.15) is 4.31 Å². The van der Waals surface area contributed by atoms with Crippen molar-refractivity contribution in [3.8, 4) is 0 Å². The predicted octanol–water partition coefficient (Wildman–Crippen LogP) is 4.46. The fourth-order valence-electron chi connectivity index (χ4n) is 3.39. The molecule has 3 aromatic rings. The molecule has 146 valence electrons. The van der Waals surface area contributed by atoms with Crippen molar-refractivity contribution in [2.45, 2.75) is 30.1 Å². The van der Waals surface area contributed by atoms with E-state index in [1.165, 1.54) is 5.56 Å². The standard InChI is InChI=1S/C20H20BrN3O2S2/c21-17-8-10-18(11-9-17)28(25,26)24-12-4-7-16(14-24)20-23-22-19(27-20)13-15-5-2-1-3-6-15/h1-3,5-6,8-11,16H,4,7,12-14H2. The largest absolute Gasteiger partial charge is 0.243 e. The van der Waals surface area contributed by atoms with Crippen molar-refractivity contribution >= 4 is 37.3 Å². The summed E-state index contributed by atoms with van der Waals surface area (Å²) in [6, 6.07) is 17.0. The first-order valence-corrected chi connectivity index (χ1v) is 12.2. The lowest BCUT2D eigenvalue weighted by atomic mass is 10.0. The molecule has 28 heavy (non-hydrogen) atoms. The van der Waals surface area contributed by atoms with Gasteiger partial charge in [-0.05, 0) is 42.7 Å². The van der Waals surface area contributed by atoms with Crippen LogP contribution in [0.15, 0.2) is 64.0 Å². The normalized spacial score (nSPS) is 18.2. The van der Waals surface area contributed by atoms with Crippen LogP contribution in [0, 0.1) is 0 Å². The maximum absolute atomic E-state index is 13.0. The van der Waals surface area contributed by atoms with E-state index in [0.717, 1.165) is 33.8 Å². The average molecular weight is 478 g/mol. The Hall–Kier alpha value is -1.61. The number of hydrogen-bond acceptors (Lipinski definition) is 5. The van der Waals surface area contributed by atoms with E-state index in [1.54, 1.807) is 39.9 Å². The van der Waals surface area contributed by atoms with Crippen molar-refractivity contribution in [3.63, 3.8) is 0 Å². The lowest BCUT2D eigenvalue weighted by Gasteiger charge is -2.30. The van der Waals surface area contributed by atoms with Crippen molar-refractivity contribution < 1.29 is 8.42 Å². The van der Waals surface area contributed by atoms with Gasteiger partial charge in [0, 0.05) is 29.9 Å². The molecule has 1 fully saturated rings. The van der Waals surface area contributed by atoms with Crippen molar-refractivity contribution in [2.75, 3.05) is 13.1 Å². The number of rotatable bonds is 5. The molecule has 0 spiro atoms. The molecule has 0 radical (unpaired) electrons. The Morgan fingerprint density at radius 3 is 2.57 bits per heavy atom. The summed E-state index contributed by atoms with van der Waals surface area (Å²) >= 11 is 4.95. The van der Waals surface area contributed by atoms with Crippen LogP contribution in [0.3, 0.4) is 0 Å². The van der Waals surface area contributed by atoms with Crippen LogP contribution in [0.4, 0.5) is 0 Å². The molecule has 4 rings (SSSR count). The van der Waals surface area contributed by atoms with Crippen LogP contribution in [0.25, 0.3) is 0 Å². The molecule has 1 aromatic heterocycles. The minimum Gasteiger partial charge on any atom is -0.207 e. The van der Waals surface area contributed by atoms with Gasteiger partial charge in [0.25, 0.3) is 0 Å². The third-order valence-electron chi connectivity index (χ3n) is 4.87. The Morgan fingerprint density at radius 1 is 1.07 bits per heavy atom.